The Morgan fingerprint density at radius 1 is 1.18 bits per heavy atom. The first-order chi connectivity index (χ1) is 7.89. The highest BCUT2D eigenvalue weighted by Crippen LogP contribution is 2.41. The molecule has 1 unspecified atom stereocenters. The van der Waals surface area contributed by atoms with Crippen LogP contribution in [0.4, 0.5) is 0 Å². The first-order valence-corrected chi connectivity index (χ1v) is 6.92. The minimum atomic E-state index is 0.474. The average molecular weight is 237 g/mol. The molecular weight excluding hydrogens is 210 g/mol. The number of likely N-dealkylation sites (N-methyl/N-ethyl adjacent to an activating group) is 1. The van der Waals surface area contributed by atoms with E-state index in [9.17, 15) is 0 Å². The number of aliphatic imine (C=N–C) groups is 1. The molecule has 1 fully saturated rings. The largest absolute Gasteiger partial charge is 0.370 e. The Morgan fingerprint density at radius 2 is 1.76 bits per heavy atom. The van der Waals surface area contributed by atoms with Crippen LogP contribution in [-0.4, -0.2) is 30.5 Å². The fraction of sp³-hybridized carbons (Fsp3) is 0.929. The highest BCUT2D eigenvalue weighted by molar-refractivity contribution is 5.79. The summed E-state index contributed by atoms with van der Waals surface area (Å²) in [5, 5.41) is 0. The van der Waals surface area contributed by atoms with Crippen molar-refractivity contribution in [3.63, 3.8) is 0 Å². The van der Waals surface area contributed by atoms with Gasteiger partial charge in [-0.1, -0.05) is 20.8 Å². The van der Waals surface area contributed by atoms with Crippen molar-refractivity contribution in [1.82, 2.24) is 4.90 Å². The lowest BCUT2D eigenvalue weighted by Gasteiger charge is -2.40. The van der Waals surface area contributed by atoms with Crippen LogP contribution in [0.3, 0.4) is 0 Å². The van der Waals surface area contributed by atoms with Gasteiger partial charge in [-0.25, -0.2) is 0 Å². The smallest absolute Gasteiger partial charge is 0.191 e. The fourth-order valence-electron chi connectivity index (χ4n) is 3.43. The Hall–Kier alpha value is -0.730. The molecule has 1 atom stereocenters. The van der Waals surface area contributed by atoms with Crippen LogP contribution in [-0.2, 0) is 0 Å². The zero-order valence-corrected chi connectivity index (χ0v) is 11.7. The van der Waals surface area contributed by atoms with Crippen LogP contribution in [0.1, 0.15) is 46.5 Å². The highest BCUT2D eigenvalue weighted by atomic mass is 15.3. The maximum absolute atomic E-state index is 5.85. The van der Waals surface area contributed by atoms with Crippen molar-refractivity contribution >= 4 is 5.96 Å². The lowest BCUT2D eigenvalue weighted by atomic mass is 9.68. The van der Waals surface area contributed by atoms with Gasteiger partial charge in [0.05, 0.1) is 12.6 Å². The molecule has 2 N–H and O–H groups in total. The molecule has 0 aromatic heterocycles. The predicted octanol–water partition coefficient (Wildman–Crippen LogP) is 2.47. The third-order valence-corrected chi connectivity index (χ3v) is 4.84. The van der Waals surface area contributed by atoms with Gasteiger partial charge in [-0.3, -0.25) is 4.99 Å². The molecule has 17 heavy (non-hydrogen) atoms. The zero-order valence-electron chi connectivity index (χ0n) is 11.7. The van der Waals surface area contributed by atoms with Crippen molar-refractivity contribution in [3.05, 3.63) is 0 Å². The van der Waals surface area contributed by atoms with Crippen molar-refractivity contribution < 1.29 is 0 Å². The predicted molar refractivity (Wildman–Crippen MR) is 72.9 cm³/mol. The van der Waals surface area contributed by atoms with E-state index in [-0.39, 0.29) is 0 Å². The monoisotopic (exact) mass is 237 g/mol. The number of nitrogens with two attached hydrogens (primary N) is 1. The average Bonchev–Trinajstić information content (AvgIpc) is 2.59. The Balaban J connectivity index is 1.88. The molecule has 1 aliphatic heterocycles. The summed E-state index contributed by atoms with van der Waals surface area (Å²) in [5.74, 6) is 2.42. The van der Waals surface area contributed by atoms with Gasteiger partial charge in [0.2, 0.25) is 0 Å². The fourth-order valence-corrected chi connectivity index (χ4v) is 3.43. The molecular formula is C14H27N3. The van der Waals surface area contributed by atoms with E-state index in [1.807, 2.05) is 0 Å². The molecule has 0 aromatic carbocycles. The second kappa shape index (κ2) is 4.51. The molecule has 1 aliphatic carbocycles. The van der Waals surface area contributed by atoms with Gasteiger partial charge < -0.3 is 10.6 Å². The van der Waals surface area contributed by atoms with Gasteiger partial charge in [0, 0.05) is 7.05 Å². The quantitative estimate of drug-likeness (QED) is 0.761. The Kier molecular flexibility index (Phi) is 3.37. The van der Waals surface area contributed by atoms with Gasteiger partial charge in [0.25, 0.3) is 0 Å². The molecule has 1 heterocycles. The zero-order chi connectivity index (χ0) is 12.6. The molecule has 0 saturated heterocycles. The minimum absolute atomic E-state index is 0.474. The second-order valence-electron chi connectivity index (χ2n) is 6.85. The van der Waals surface area contributed by atoms with Gasteiger partial charge in [0.15, 0.2) is 5.96 Å². The van der Waals surface area contributed by atoms with E-state index in [1.165, 1.54) is 25.7 Å². The number of hydrogen-bond donors (Lipinski definition) is 1. The van der Waals surface area contributed by atoms with E-state index in [0.29, 0.717) is 11.5 Å². The molecule has 0 spiro atoms. The molecule has 98 valence electrons. The van der Waals surface area contributed by atoms with Gasteiger partial charge in [-0.15, -0.1) is 0 Å². The topological polar surface area (TPSA) is 41.6 Å². The molecule has 0 amide bonds. The Morgan fingerprint density at radius 3 is 2.18 bits per heavy atom. The molecule has 2 rings (SSSR count). The van der Waals surface area contributed by atoms with Crippen molar-refractivity contribution in [1.29, 1.82) is 0 Å². The molecule has 3 heteroatoms. The Bertz CT molecular complexity index is 295. The SMILES string of the molecule is CN1C(N)=NCC1C1CCC(C(C)(C)C)CC1. The third-order valence-electron chi connectivity index (χ3n) is 4.84. The van der Waals surface area contributed by atoms with Crippen LogP contribution in [0, 0.1) is 17.3 Å². The lowest BCUT2D eigenvalue weighted by molar-refractivity contribution is 0.121. The van der Waals surface area contributed by atoms with Crippen LogP contribution >= 0.6 is 0 Å². The molecule has 0 bridgehead atoms. The van der Waals surface area contributed by atoms with Crippen LogP contribution < -0.4 is 5.73 Å². The van der Waals surface area contributed by atoms with Gasteiger partial charge in [-0.2, -0.15) is 0 Å². The molecule has 3 nitrogen and oxygen atoms in total. The number of guanidine groups is 1. The summed E-state index contributed by atoms with van der Waals surface area (Å²) in [5.41, 5.74) is 6.32. The molecule has 1 saturated carbocycles. The Labute approximate surface area is 105 Å². The van der Waals surface area contributed by atoms with Gasteiger partial charge in [-0.05, 0) is 42.9 Å². The lowest BCUT2D eigenvalue weighted by Crippen LogP contribution is -2.43. The van der Waals surface area contributed by atoms with E-state index in [1.54, 1.807) is 0 Å². The van der Waals surface area contributed by atoms with E-state index in [2.05, 4.69) is 37.7 Å². The van der Waals surface area contributed by atoms with Crippen molar-refractivity contribution in [2.45, 2.75) is 52.5 Å². The second-order valence-corrected chi connectivity index (χ2v) is 6.85. The summed E-state index contributed by atoms with van der Waals surface area (Å²) < 4.78 is 0. The van der Waals surface area contributed by atoms with Gasteiger partial charge in [0.1, 0.15) is 0 Å². The first kappa shape index (κ1) is 12.7. The minimum Gasteiger partial charge on any atom is -0.370 e. The summed E-state index contributed by atoms with van der Waals surface area (Å²) in [4.78, 5) is 6.54. The van der Waals surface area contributed by atoms with Crippen LogP contribution in [0.5, 0.6) is 0 Å². The molecule has 0 radical (unpaired) electrons. The van der Waals surface area contributed by atoms with E-state index >= 15 is 0 Å². The maximum atomic E-state index is 5.85. The van der Waals surface area contributed by atoms with E-state index in [4.69, 9.17) is 5.73 Å². The van der Waals surface area contributed by atoms with Crippen LogP contribution in [0.2, 0.25) is 0 Å². The number of hydrogen-bond acceptors (Lipinski definition) is 3. The number of rotatable bonds is 1. The summed E-state index contributed by atoms with van der Waals surface area (Å²) >= 11 is 0. The maximum Gasteiger partial charge on any atom is 0.191 e. The highest BCUT2D eigenvalue weighted by Gasteiger charge is 2.36. The van der Waals surface area contributed by atoms with Gasteiger partial charge >= 0.3 is 0 Å². The standard InChI is InChI=1S/C14H27N3/c1-14(2,3)11-7-5-10(6-8-11)12-9-16-13(15)17(12)4/h10-12H,5-9H2,1-4H3,(H2,15,16). The number of nitrogens with zero attached hydrogens (tertiary/aromatic N) is 2. The van der Waals surface area contributed by atoms with E-state index in [0.717, 1.165) is 24.3 Å². The third kappa shape index (κ3) is 2.58. The molecule has 0 aromatic rings. The summed E-state index contributed by atoms with van der Waals surface area (Å²) in [6.07, 6.45) is 5.44. The van der Waals surface area contributed by atoms with Crippen molar-refractivity contribution in [2.75, 3.05) is 13.6 Å². The van der Waals surface area contributed by atoms with E-state index < -0.39 is 0 Å². The van der Waals surface area contributed by atoms with Crippen molar-refractivity contribution in [3.8, 4) is 0 Å². The van der Waals surface area contributed by atoms with Crippen LogP contribution in [0.15, 0.2) is 4.99 Å². The summed E-state index contributed by atoms with van der Waals surface area (Å²) in [7, 11) is 2.09. The van der Waals surface area contributed by atoms with Crippen LogP contribution in [0.25, 0.3) is 0 Å². The normalized spacial score (nSPS) is 34.9. The molecule has 2 aliphatic rings. The first-order valence-electron chi connectivity index (χ1n) is 6.92. The summed E-state index contributed by atoms with van der Waals surface area (Å²) in [6, 6.07) is 0.566. The summed E-state index contributed by atoms with van der Waals surface area (Å²) in [6.45, 7) is 8.04. The van der Waals surface area contributed by atoms with Crippen molar-refractivity contribution in [2.24, 2.45) is 28.0 Å².